The normalized spacial score (nSPS) is 11.1. The third-order valence-electron chi connectivity index (χ3n) is 0.790. The van der Waals surface area contributed by atoms with Crippen LogP contribution in [0.2, 0.25) is 0 Å². The van der Waals surface area contributed by atoms with Crippen LogP contribution in [0, 0.1) is 3.57 Å². The van der Waals surface area contributed by atoms with Gasteiger partial charge in [-0.3, -0.25) is 0 Å². The zero-order valence-electron chi connectivity index (χ0n) is 4.39. The van der Waals surface area contributed by atoms with Gasteiger partial charge in [-0.2, -0.15) is 0 Å². The van der Waals surface area contributed by atoms with Crippen LogP contribution in [0.15, 0.2) is 24.5 Å². The first-order valence-corrected chi connectivity index (χ1v) is 8.78. The minimum absolute atomic E-state index is 0.991. The van der Waals surface area contributed by atoms with Gasteiger partial charge < -0.3 is 0 Å². The van der Waals surface area contributed by atoms with Crippen LogP contribution in [0.25, 0.3) is 0 Å². The Bertz CT molecular complexity index is 178. The quantitative estimate of drug-likeness (QED) is 0.718. The molecule has 0 aliphatic carbocycles. The van der Waals surface area contributed by atoms with E-state index in [1.807, 2.05) is 12.1 Å². The van der Waals surface area contributed by atoms with Gasteiger partial charge in [-0.1, -0.05) is 0 Å². The van der Waals surface area contributed by atoms with E-state index in [0.29, 0.717) is 0 Å². The van der Waals surface area contributed by atoms with Crippen molar-refractivity contribution in [2.24, 2.45) is 0 Å². The van der Waals surface area contributed by atoms with Crippen LogP contribution in [0.5, 0.6) is 0 Å². The van der Waals surface area contributed by atoms with Crippen molar-refractivity contribution in [1.29, 1.82) is 0 Å². The van der Waals surface area contributed by atoms with Gasteiger partial charge in [-0.25, -0.2) is 0 Å². The molecule has 9 heavy (non-hydrogen) atoms. The van der Waals surface area contributed by atoms with E-state index in [1.54, 1.807) is 12.4 Å². The molecule has 0 aliphatic rings. The number of halogens is 3. The van der Waals surface area contributed by atoms with Gasteiger partial charge in [0, 0.05) is 0 Å². The fourth-order valence-corrected chi connectivity index (χ4v) is 2.41. The topological polar surface area (TPSA) is 12.9 Å². The van der Waals surface area contributed by atoms with Crippen LogP contribution in [0.3, 0.4) is 0 Å². The zero-order valence-corrected chi connectivity index (χ0v) is 8.06. The second kappa shape index (κ2) is 3.58. The Morgan fingerprint density at radius 3 is 2.56 bits per heavy atom. The fourth-order valence-electron chi connectivity index (χ4n) is 0.426. The van der Waals surface area contributed by atoms with Gasteiger partial charge in [0.25, 0.3) is 0 Å². The van der Waals surface area contributed by atoms with Crippen LogP contribution in [0.1, 0.15) is 0 Å². The molecule has 0 fully saturated rings. The monoisotopic (exact) mass is 275 g/mol. The summed E-state index contributed by atoms with van der Waals surface area (Å²) in [5.41, 5.74) is 0. The Balaban J connectivity index is 2.85. The molecule has 4 heteroatoms. The van der Waals surface area contributed by atoms with Crippen LogP contribution < -0.4 is 0 Å². The maximum atomic E-state index is 5.69. The van der Waals surface area contributed by atoms with Crippen LogP contribution in [0.4, 0.5) is 0 Å². The SMILES string of the molecule is ClI(Cl)c1cccnc1. The second-order valence-electron chi connectivity index (χ2n) is 1.37. The molecule has 1 rings (SSSR count). The van der Waals surface area contributed by atoms with Gasteiger partial charge in [0.2, 0.25) is 0 Å². The van der Waals surface area contributed by atoms with Crippen molar-refractivity contribution in [1.82, 2.24) is 4.98 Å². The number of nitrogens with zero attached hydrogens (tertiary/aromatic N) is 1. The number of rotatable bonds is 1. The Kier molecular flexibility index (Phi) is 3.01. The number of hydrogen-bond acceptors (Lipinski definition) is 1. The molecule has 0 amide bonds. The first-order valence-electron chi connectivity index (χ1n) is 2.24. The predicted octanol–water partition coefficient (Wildman–Crippen LogP) is 3.07. The molecule has 0 atom stereocenters. The summed E-state index contributed by atoms with van der Waals surface area (Å²) in [5.74, 6) is 0. The molecule has 0 aromatic carbocycles. The Hall–Kier alpha value is 0.460. The summed E-state index contributed by atoms with van der Waals surface area (Å²) in [4.78, 5) is 3.88. The number of aromatic nitrogens is 1. The van der Waals surface area contributed by atoms with E-state index in [2.05, 4.69) is 4.98 Å². The van der Waals surface area contributed by atoms with E-state index >= 15 is 0 Å². The summed E-state index contributed by atoms with van der Waals surface area (Å²) < 4.78 is 0.991. The van der Waals surface area contributed by atoms with Crippen molar-refractivity contribution in [3.63, 3.8) is 0 Å². The number of pyridine rings is 1. The summed E-state index contributed by atoms with van der Waals surface area (Å²) in [7, 11) is 11.4. The molecule has 50 valence electrons. The van der Waals surface area contributed by atoms with Crippen molar-refractivity contribution < 1.29 is 0 Å². The molecule has 1 heterocycles. The number of hydrogen-bond donors (Lipinski definition) is 0. The van der Waals surface area contributed by atoms with Crippen LogP contribution >= 0.6 is 35.4 Å². The van der Waals surface area contributed by atoms with Gasteiger partial charge in [-0.05, 0) is 0 Å². The van der Waals surface area contributed by atoms with Gasteiger partial charge in [0.15, 0.2) is 0 Å². The van der Waals surface area contributed by atoms with Crippen molar-refractivity contribution >= 4 is 35.4 Å². The standard InChI is InChI=1S/C5H4Cl2IN/c6-8(7)5-2-1-3-9-4-5/h1-4H. The Morgan fingerprint density at radius 1 is 1.44 bits per heavy atom. The fraction of sp³-hybridized carbons (Fsp3) is 0. The minimum atomic E-state index is -1.80. The molecule has 0 aliphatic heterocycles. The summed E-state index contributed by atoms with van der Waals surface area (Å²) in [6.07, 6.45) is 3.42. The third-order valence-corrected chi connectivity index (χ3v) is 4.58. The first-order chi connectivity index (χ1) is 4.30. The maximum absolute atomic E-state index is 5.69. The van der Waals surface area contributed by atoms with Gasteiger partial charge >= 0.3 is 68.5 Å². The summed E-state index contributed by atoms with van der Waals surface area (Å²) >= 11 is -1.80. The van der Waals surface area contributed by atoms with Gasteiger partial charge in [0.1, 0.15) is 0 Å². The van der Waals surface area contributed by atoms with E-state index in [0.717, 1.165) is 3.57 Å². The third kappa shape index (κ3) is 2.27. The molecular weight excluding hydrogens is 272 g/mol. The molecule has 0 spiro atoms. The molecule has 0 saturated carbocycles. The molecule has 0 saturated heterocycles. The molecule has 0 radical (unpaired) electrons. The van der Waals surface area contributed by atoms with E-state index in [1.165, 1.54) is 0 Å². The summed E-state index contributed by atoms with van der Waals surface area (Å²) in [6.45, 7) is 0. The summed E-state index contributed by atoms with van der Waals surface area (Å²) in [6, 6.07) is 3.74. The molecule has 0 bridgehead atoms. The average Bonchev–Trinajstić information content (AvgIpc) is 1.90. The van der Waals surface area contributed by atoms with Crippen LogP contribution in [-0.4, -0.2) is 4.98 Å². The second-order valence-corrected chi connectivity index (χ2v) is 8.55. The average molecular weight is 276 g/mol. The molecular formula is C5H4Cl2IN. The van der Waals surface area contributed by atoms with Gasteiger partial charge in [-0.15, -0.1) is 0 Å². The molecule has 1 aromatic heterocycles. The molecule has 1 aromatic rings. The van der Waals surface area contributed by atoms with Gasteiger partial charge in [0.05, 0.1) is 0 Å². The predicted molar refractivity (Wildman–Crippen MR) is 48.7 cm³/mol. The van der Waals surface area contributed by atoms with Crippen molar-refractivity contribution in [3.8, 4) is 0 Å². The van der Waals surface area contributed by atoms with Crippen LogP contribution in [-0.2, 0) is 0 Å². The van der Waals surface area contributed by atoms with E-state index < -0.39 is 17.6 Å². The Morgan fingerprint density at radius 2 is 2.22 bits per heavy atom. The van der Waals surface area contributed by atoms with E-state index in [4.69, 9.17) is 17.8 Å². The summed E-state index contributed by atoms with van der Waals surface area (Å²) in [5, 5.41) is 0. The molecule has 0 N–H and O–H groups in total. The zero-order chi connectivity index (χ0) is 6.69. The van der Waals surface area contributed by atoms with Crippen molar-refractivity contribution in [3.05, 3.63) is 28.1 Å². The first kappa shape index (κ1) is 7.57. The van der Waals surface area contributed by atoms with Crippen molar-refractivity contribution in [2.45, 2.75) is 0 Å². The van der Waals surface area contributed by atoms with E-state index in [9.17, 15) is 0 Å². The molecule has 1 nitrogen and oxygen atoms in total. The van der Waals surface area contributed by atoms with E-state index in [-0.39, 0.29) is 0 Å². The van der Waals surface area contributed by atoms with Crippen molar-refractivity contribution in [2.75, 3.05) is 0 Å². The molecule has 0 unspecified atom stereocenters. The Labute approximate surface area is 68.2 Å².